The lowest BCUT2D eigenvalue weighted by molar-refractivity contribution is 0.680. The molecule has 3 aromatic rings. The molecule has 3 rings (SSSR count). The first kappa shape index (κ1) is 12.6. The third-order valence-corrected chi connectivity index (χ3v) is 4.05. The van der Waals surface area contributed by atoms with Gasteiger partial charge in [0.05, 0.1) is 28.1 Å². The number of alkyl halides is 1. The van der Waals surface area contributed by atoms with Crippen LogP contribution in [-0.4, -0.2) is 14.5 Å². The van der Waals surface area contributed by atoms with Gasteiger partial charge in [0.1, 0.15) is 5.82 Å². The van der Waals surface area contributed by atoms with Gasteiger partial charge in [0.25, 0.3) is 0 Å². The van der Waals surface area contributed by atoms with Gasteiger partial charge < -0.3 is 4.57 Å². The van der Waals surface area contributed by atoms with Crippen molar-refractivity contribution in [1.82, 2.24) is 14.5 Å². The third kappa shape index (κ3) is 2.51. The van der Waals surface area contributed by atoms with Crippen LogP contribution in [0.15, 0.2) is 29.1 Å². The van der Waals surface area contributed by atoms with Crippen molar-refractivity contribution < 1.29 is 0 Å². The summed E-state index contributed by atoms with van der Waals surface area (Å²) in [4.78, 5) is 8.92. The van der Waals surface area contributed by atoms with Crippen LogP contribution in [0.5, 0.6) is 0 Å². The predicted octanol–water partition coefficient (Wildman–Crippen LogP) is 3.78. The van der Waals surface area contributed by atoms with Crippen molar-refractivity contribution in [3.8, 4) is 0 Å². The van der Waals surface area contributed by atoms with Crippen molar-refractivity contribution in [2.24, 2.45) is 0 Å². The van der Waals surface area contributed by atoms with Crippen molar-refractivity contribution in [1.29, 1.82) is 0 Å². The number of nitrogens with zero attached hydrogens (tertiary/aromatic N) is 3. The predicted molar refractivity (Wildman–Crippen MR) is 79.8 cm³/mol. The van der Waals surface area contributed by atoms with E-state index in [2.05, 4.69) is 45.0 Å². The van der Waals surface area contributed by atoms with Crippen LogP contribution in [-0.2, 0) is 18.8 Å². The molecule has 0 N–H and O–H groups in total. The highest BCUT2D eigenvalue weighted by molar-refractivity contribution is 7.07. The van der Waals surface area contributed by atoms with E-state index in [-0.39, 0.29) is 0 Å². The number of aromatic nitrogens is 3. The molecule has 1 aromatic carbocycles. The van der Waals surface area contributed by atoms with Gasteiger partial charge in [0, 0.05) is 18.3 Å². The van der Waals surface area contributed by atoms with E-state index < -0.39 is 0 Å². The Morgan fingerprint density at radius 1 is 1.37 bits per heavy atom. The summed E-state index contributed by atoms with van der Waals surface area (Å²) in [6.45, 7) is 2.94. The Morgan fingerprint density at radius 3 is 3.00 bits per heavy atom. The lowest BCUT2D eigenvalue weighted by Crippen LogP contribution is -2.05. The number of halogens is 1. The van der Waals surface area contributed by atoms with Crippen LogP contribution in [0.25, 0.3) is 11.0 Å². The highest BCUT2D eigenvalue weighted by atomic mass is 35.5. The molecule has 0 aliphatic heterocycles. The van der Waals surface area contributed by atoms with E-state index in [1.54, 1.807) is 11.3 Å². The zero-order chi connectivity index (χ0) is 13.2. The molecule has 0 radical (unpaired) electrons. The van der Waals surface area contributed by atoms with Gasteiger partial charge in [-0.3, -0.25) is 0 Å². The minimum atomic E-state index is 0.435. The van der Waals surface area contributed by atoms with Gasteiger partial charge in [0.15, 0.2) is 0 Å². The molecule has 0 amide bonds. The number of aryl methyl sites for hydroxylation is 3. The van der Waals surface area contributed by atoms with Crippen LogP contribution in [0.1, 0.15) is 17.1 Å². The van der Waals surface area contributed by atoms with E-state index in [1.807, 2.05) is 5.51 Å². The van der Waals surface area contributed by atoms with E-state index >= 15 is 0 Å². The molecule has 2 aromatic heterocycles. The molecule has 2 heterocycles. The topological polar surface area (TPSA) is 30.7 Å². The van der Waals surface area contributed by atoms with Crippen molar-refractivity contribution in [3.05, 3.63) is 46.2 Å². The van der Waals surface area contributed by atoms with Crippen molar-refractivity contribution >= 4 is 34.0 Å². The molecular weight excluding hydrogens is 278 g/mol. The van der Waals surface area contributed by atoms with Gasteiger partial charge >= 0.3 is 0 Å². The smallest absolute Gasteiger partial charge is 0.124 e. The van der Waals surface area contributed by atoms with E-state index in [1.165, 1.54) is 5.56 Å². The minimum absolute atomic E-state index is 0.435. The van der Waals surface area contributed by atoms with Gasteiger partial charge in [-0.25, -0.2) is 9.97 Å². The van der Waals surface area contributed by atoms with Crippen molar-refractivity contribution in [2.45, 2.75) is 25.8 Å². The quantitative estimate of drug-likeness (QED) is 0.685. The molecule has 0 unspecified atom stereocenters. The Labute approximate surface area is 120 Å². The molecule has 0 aliphatic carbocycles. The minimum Gasteiger partial charge on any atom is -0.327 e. The lowest BCUT2D eigenvalue weighted by atomic mass is 10.2. The molecule has 0 fully saturated rings. The number of rotatable bonds is 4. The second-order valence-electron chi connectivity index (χ2n) is 4.54. The number of fused-ring (bicyclic) bond motifs is 1. The average molecular weight is 292 g/mol. The Kier molecular flexibility index (Phi) is 3.53. The molecule has 5 heteroatoms. The van der Waals surface area contributed by atoms with E-state index in [4.69, 9.17) is 11.6 Å². The van der Waals surface area contributed by atoms with Crippen molar-refractivity contribution in [2.75, 3.05) is 0 Å². The van der Waals surface area contributed by atoms with E-state index in [0.717, 1.165) is 35.5 Å². The first-order chi connectivity index (χ1) is 9.28. The lowest BCUT2D eigenvalue weighted by Gasteiger charge is -2.06. The Bertz CT molecular complexity index is 688. The Hall–Kier alpha value is -1.39. The highest BCUT2D eigenvalue weighted by Crippen LogP contribution is 2.19. The van der Waals surface area contributed by atoms with Gasteiger partial charge in [-0.2, -0.15) is 0 Å². The van der Waals surface area contributed by atoms with E-state index in [9.17, 15) is 0 Å². The third-order valence-electron chi connectivity index (χ3n) is 3.18. The summed E-state index contributed by atoms with van der Waals surface area (Å²) in [5, 5.41) is 2.09. The fourth-order valence-electron chi connectivity index (χ4n) is 2.23. The molecule has 0 saturated carbocycles. The Morgan fingerprint density at radius 2 is 2.26 bits per heavy atom. The standard InChI is InChI=1S/C14H14ClN3S/c1-10-2-3-13-12(6-10)17-14(7-15)18(13)5-4-11-8-19-9-16-11/h2-3,6,8-9H,4-5,7H2,1H3. The first-order valence-electron chi connectivity index (χ1n) is 6.16. The van der Waals surface area contributed by atoms with Crippen LogP contribution in [0.4, 0.5) is 0 Å². The molecule has 19 heavy (non-hydrogen) atoms. The highest BCUT2D eigenvalue weighted by Gasteiger charge is 2.10. The van der Waals surface area contributed by atoms with Gasteiger partial charge in [-0.05, 0) is 24.6 Å². The number of hydrogen-bond donors (Lipinski definition) is 0. The van der Waals surface area contributed by atoms with Gasteiger partial charge in [-0.15, -0.1) is 22.9 Å². The number of thiazole rings is 1. The van der Waals surface area contributed by atoms with Crippen LogP contribution in [0.3, 0.4) is 0 Å². The maximum Gasteiger partial charge on any atom is 0.124 e. The number of imidazole rings is 1. The largest absolute Gasteiger partial charge is 0.327 e. The zero-order valence-electron chi connectivity index (χ0n) is 10.6. The molecular formula is C14H14ClN3S. The van der Waals surface area contributed by atoms with Crippen LogP contribution in [0.2, 0.25) is 0 Å². The second kappa shape index (κ2) is 5.31. The summed E-state index contributed by atoms with van der Waals surface area (Å²) < 4.78 is 2.20. The summed E-state index contributed by atoms with van der Waals surface area (Å²) in [6.07, 6.45) is 0.909. The molecule has 0 aliphatic rings. The number of benzene rings is 1. The SMILES string of the molecule is Cc1ccc2c(c1)nc(CCl)n2CCc1cscn1. The summed E-state index contributed by atoms with van der Waals surface area (Å²) in [7, 11) is 0. The Balaban J connectivity index is 1.96. The molecule has 98 valence electrons. The fraction of sp³-hybridized carbons (Fsp3) is 0.286. The molecule has 0 saturated heterocycles. The van der Waals surface area contributed by atoms with Gasteiger partial charge in [-0.1, -0.05) is 6.07 Å². The summed E-state index contributed by atoms with van der Waals surface area (Å²) >= 11 is 7.64. The van der Waals surface area contributed by atoms with Crippen LogP contribution < -0.4 is 0 Å². The zero-order valence-corrected chi connectivity index (χ0v) is 12.2. The average Bonchev–Trinajstić information content (AvgIpc) is 3.02. The molecule has 0 atom stereocenters. The summed E-state index contributed by atoms with van der Waals surface area (Å²) in [6, 6.07) is 6.33. The van der Waals surface area contributed by atoms with E-state index in [0.29, 0.717) is 5.88 Å². The second-order valence-corrected chi connectivity index (χ2v) is 5.52. The summed E-state index contributed by atoms with van der Waals surface area (Å²) in [5.74, 6) is 1.36. The fourth-order valence-corrected chi connectivity index (χ4v) is 3.03. The maximum absolute atomic E-state index is 6.01. The van der Waals surface area contributed by atoms with Gasteiger partial charge in [0.2, 0.25) is 0 Å². The monoisotopic (exact) mass is 291 g/mol. The van der Waals surface area contributed by atoms with Crippen molar-refractivity contribution in [3.63, 3.8) is 0 Å². The summed E-state index contributed by atoms with van der Waals surface area (Å²) in [5.41, 5.74) is 6.38. The normalized spacial score (nSPS) is 11.3. The molecule has 0 spiro atoms. The van der Waals surface area contributed by atoms with Crippen LogP contribution >= 0.6 is 22.9 Å². The molecule has 3 nitrogen and oxygen atoms in total. The maximum atomic E-state index is 6.01. The number of hydrogen-bond acceptors (Lipinski definition) is 3. The van der Waals surface area contributed by atoms with Crippen LogP contribution in [0, 0.1) is 6.92 Å². The first-order valence-corrected chi connectivity index (χ1v) is 7.64. The molecule has 0 bridgehead atoms.